The summed E-state index contributed by atoms with van der Waals surface area (Å²) in [6.45, 7) is 1.84. The van der Waals surface area contributed by atoms with E-state index in [0.29, 0.717) is 28.0 Å². The molecule has 0 fully saturated rings. The zero-order chi connectivity index (χ0) is 20.0. The Morgan fingerprint density at radius 2 is 2.14 bits per heavy atom. The van der Waals surface area contributed by atoms with Gasteiger partial charge >= 0.3 is 5.97 Å². The molecule has 1 aliphatic heterocycles. The number of carbonyl (C=O) groups excluding carboxylic acids is 3. The Kier molecular flexibility index (Phi) is 4.07. The monoisotopic (exact) mass is 379 g/mol. The first-order valence-electron chi connectivity index (χ1n) is 8.54. The van der Waals surface area contributed by atoms with Crippen molar-refractivity contribution in [3.8, 4) is 0 Å². The lowest BCUT2D eigenvalue weighted by atomic mass is 9.93. The molecule has 1 aromatic carbocycles. The fourth-order valence-corrected chi connectivity index (χ4v) is 3.54. The molecule has 1 unspecified atom stereocenters. The molecule has 4 rings (SSSR count). The second-order valence-corrected chi connectivity index (χ2v) is 6.56. The molecule has 0 bridgehead atoms. The lowest BCUT2D eigenvalue weighted by Crippen LogP contribution is -2.16. The van der Waals surface area contributed by atoms with E-state index in [-0.39, 0.29) is 18.3 Å². The van der Waals surface area contributed by atoms with Crippen LogP contribution in [-0.4, -0.2) is 39.5 Å². The summed E-state index contributed by atoms with van der Waals surface area (Å²) in [5.41, 5.74) is 9.57. The molecule has 1 atom stereocenters. The van der Waals surface area contributed by atoms with Crippen molar-refractivity contribution >= 4 is 29.0 Å². The zero-order valence-electron chi connectivity index (χ0n) is 15.2. The molecular formula is C19H17N5O4. The second kappa shape index (κ2) is 6.45. The number of benzene rings is 1. The van der Waals surface area contributed by atoms with Gasteiger partial charge in [-0.15, -0.1) is 0 Å². The quantitative estimate of drug-likeness (QED) is 0.649. The van der Waals surface area contributed by atoms with E-state index in [2.05, 4.69) is 15.4 Å². The number of aryl methyl sites for hydroxylation is 1. The number of anilines is 1. The first-order valence-corrected chi connectivity index (χ1v) is 8.54. The van der Waals surface area contributed by atoms with Crippen LogP contribution < -0.4 is 11.1 Å². The number of nitrogens with two attached hydrogens (primary N) is 1. The Balaban J connectivity index is 1.89. The van der Waals surface area contributed by atoms with Gasteiger partial charge in [-0.2, -0.15) is 5.10 Å². The smallest absolute Gasteiger partial charge is 0.310 e. The SMILES string of the molecule is COC(=O)Cc1cn2ncnc(C3C(=O)Nc4ccc(C(N)=O)cc43)c2c1C. The molecule has 28 heavy (non-hydrogen) atoms. The molecule has 3 N–H and O–H groups in total. The summed E-state index contributed by atoms with van der Waals surface area (Å²) in [6.07, 6.45) is 3.16. The first-order chi connectivity index (χ1) is 13.4. The average molecular weight is 379 g/mol. The van der Waals surface area contributed by atoms with Crippen LogP contribution >= 0.6 is 0 Å². The number of hydrogen-bond donors (Lipinski definition) is 2. The minimum atomic E-state index is -0.723. The van der Waals surface area contributed by atoms with Gasteiger partial charge in [-0.25, -0.2) is 9.50 Å². The van der Waals surface area contributed by atoms with E-state index in [9.17, 15) is 14.4 Å². The molecule has 0 saturated heterocycles. The average Bonchev–Trinajstić information content (AvgIpc) is 3.17. The summed E-state index contributed by atoms with van der Waals surface area (Å²) < 4.78 is 6.34. The van der Waals surface area contributed by atoms with E-state index in [4.69, 9.17) is 10.5 Å². The van der Waals surface area contributed by atoms with Crippen molar-refractivity contribution in [1.82, 2.24) is 14.6 Å². The van der Waals surface area contributed by atoms with Crippen molar-refractivity contribution in [1.29, 1.82) is 0 Å². The number of primary amides is 1. The van der Waals surface area contributed by atoms with Gasteiger partial charge in [-0.05, 0) is 41.8 Å². The second-order valence-electron chi connectivity index (χ2n) is 6.56. The molecule has 0 saturated carbocycles. The van der Waals surface area contributed by atoms with Crippen molar-refractivity contribution in [2.45, 2.75) is 19.3 Å². The van der Waals surface area contributed by atoms with E-state index in [0.717, 1.165) is 11.1 Å². The molecule has 9 nitrogen and oxygen atoms in total. The maximum absolute atomic E-state index is 12.7. The Bertz CT molecular complexity index is 1150. The van der Waals surface area contributed by atoms with Gasteiger partial charge in [0.05, 0.1) is 24.7 Å². The Labute approximate surface area is 159 Å². The van der Waals surface area contributed by atoms with E-state index in [1.807, 2.05) is 6.92 Å². The van der Waals surface area contributed by atoms with Crippen molar-refractivity contribution in [2.75, 3.05) is 12.4 Å². The van der Waals surface area contributed by atoms with E-state index in [1.54, 1.807) is 28.9 Å². The van der Waals surface area contributed by atoms with Crippen LogP contribution in [0.2, 0.25) is 0 Å². The zero-order valence-corrected chi connectivity index (χ0v) is 15.2. The summed E-state index contributed by atoms with van der Waals surface area (Å²) in [6, 6.07) is 4.82. The molecule has 0 aliphatic carbocycles. The van der Waals surface area contributed by atoms with Crippen molar-refractivity contribution in [3.05, 3.63) is 58.7 Å². The summed E-state index contributed by atoms with van der Waals surface area (Å²) in [7, 11) is 1.33. The Hall–Kier alpha value is -3.75. The highest BCUT2D eigenvalue weighted by molar-refractivity contribution is 6.07. The normalized spacial score (nSPS) is 15.4. The van der Waals surface area contributed by atoms with Crippen LogP contribution in [0.3, 0.4) is 0 Å². The van der Waals surface area contributed by atoms with Gasteiger partial charge in [-0.3, -0.25) is 14.4 Å². The largest absolute Gasteiger partial charge is 0.469 e. The van der Waals surface area contributed by atoms with Crippen LogP contribution in [0.5, 0.6) is 0 Å². The predicted octanol–water partition coefficient (Wildman–Crippen LogP) is 0.936. The number of ether oxygens (including phenoxy) is 1. The lowest BCUT2D eigenvalue weighted by molar-refractivity contribution is -0.139. The van der Waals surface area contributed by atoms with Gasteiger partial charge in [-0.1, -0.05) is 0 Å². The maximum Gasteiger partial charge on any atom is 0.310 e. The van der Waals surface area contributed by atoms with Gasteiger partial charge in [0, 0.05) is 17.4 Å². The molecule has 2 amide bonds. The number of nitrogens with one attached hydrogen (secondary N) is 1. The fourth-order valence-electron chi connectivity index (χ4n) is 3.54. The number of fused-ring (bicyclic) bond motifs is 2. The maximum atomic E-state index is 12.7. The minimum absolute atomic E-state index is 0.0877. The molecule has 3 heterocycles. The number of amides is 2. The number of hydrogen-bond acceptors (Lipinski definition) is 6. The number of rotatable bonds is 4. The topological polar surface area (TPSA) is 129 Å². The van der Waals surface area contributed by atoms with Crippen molar-refractivity contribution in [2.24, 2.45) is 5.73 Å². The number of nitrogens with zero attached hydrogens (tertiary/aromatic N) is 3. The summed E-state index contributed by atoms with van der Waals surface area (Å²) in [5, 5.41) is 7.01. The third kappa shape index (κ3) is 2.68. The third-order valence-corrected chi connectivity index (χ3v) is 4.96. The van der Waals surface area contributed by atoms with Gasteiger partial charge in [0.15, 0.2) is 0 Å². The minimum Gasteiger partial charge on any atom is -0.469 e. The van der Waals surface area contributed by atoms with Crippen LogP contribution in [0.15, 0.2) is 30.7 Å². The van der Waals surface area contributed by atoms with Crippen LogP contribution in [0.1, 0.15) is 38.7 Å². The highest BCUT2D eigenvalue weighted by Crippen LogP contribution is 2.39. The molecule has 1 aliphatic rings. The van der Waals surface area contributed by atoms with Crippen LogP contribution in [0.4, 0.5) is 5.69 Å². The van der Waals surface area contributed by atoms with Crippen molar-refractivity contribution < 1.29 is 19.1 Å². The van der Waals surface area contributed by atoms with Gasteiger partial charge < -0.3 is 15.8 Å². The van der Waals surface area contributed by atoms with E-state index in [1.165, 1.54) is 13.4 Å². The fraction of sp³-hybridized carbons (Fsp3) is 0.211. The first kappa shape index (κ1) is 17.7. The summed E-state index contributed by atoms with van der Waals surface area (Å²) >= 11 is 0. The number of esters is 1. The standard InChI is InChI=1S/C19H17N5O4/c1-9-11(6-14(25)28-2)7-24-17(9)16(21-8-22-24)15-12-5-10(18(20)26)3-4-13(12)23-19(15)27/h3-5,7-8,15H,6H2,1-2H3,(H2,20,26)(H,23,27). The molecule has 0 spiro atoms. The van der Waals surface area contributed by atoms with Gasteiger partial charge in [0.2, 0.25) is 11.8 Å². The third-order valence-electron chi connectivity index (χ3n) is 4.96. The highest BCUT2D eigenvalue weighted by atomic mass is 16.5. The number of methoxy groups -OCH3 is 1. The lowest BCUT2D eigenvalue weighted by Gasteiger charge is -2.11. The van der Waals surface area contributed by atoms with Gasteiger partial charge in [0.1, 0.15) is 12.2 Å². The number of carbonyl (C=O) groups is 3. The molecule has 9 heteroatoms. The van der Waals surface area contributed by atoms with Crippen molar-refractivity contribution in [3.63, 3.8) is 0 Å². The highest BCUT2D eigenvalue weighted by Gasteiger charge is 2.35. The molecular weight excluding hydrogens is 362 g/mol. The van der Waals surface area contributed by atoms with Crippen LogP contribution in [0, 0.1) is 6.92 Å². The predicted molar refractivity (Wildman–Crippen MR) is 98.9 cm³/mol. The van der Waals surface area contributed by atoms with Gasteiger partial charge in [0.25, 0.3) is 0 Å². The Morgan fingerprint density at radius 1 is 1.36 bits per heavy atom. The summed E-state index contributed by atoms with van der Waals surface area (Å²) in [4.78, 5) is 40.4. The van der Waals surface area contributed by atoms with E-state index >= 15 is 0 Å². The molecule has 2 aromatic heterocycles. The summed E-state index contributed by atoms with van der Waals surface area (Å²) in [5.74, 6) is -1.93. The van der Waals surface area contributed by atoms with Crippen LogP contribution in [-0.2, 0) is 20.7 Å². The van der Waals surface area contributed by atoms with Crippen LogP contribution in [0.25, 0.3) is 5.52 Å². The molecule has 0 radical (unpaired) electrons. The van der Waals surface area contributed by atoms with E-state index < -0.39 is 11.8 Å². The number of aromatic nitrogens is 3. The molecule has 142 valence electrons. The molecule has 3 aromatic rings. The Morgan fingerprint density at radius 3 is 2.86 bits per heavy atom.